The summed E-state index contributed by atoms with van der Waals surface area (Å²) in [5.74, 6) is 0.829. The summed E-state index contributed by atoms with van der Waals surface area (Å²) in [6.45, 7) is 1.16. The molecule has 1 saturated heterocycles. The number of halogens is 1. The number of rotatable bonds is 3. The fraction of sp³-hybridized carbons (Fsp3) is 0.190. The van der Waals surface area contributed by atoms with Crippen molar-refractivity contribution in [1.82, 2.24) is 15.0 Å². The average molecular weight is 376 g/mol. The Hall–Kier alpha value is -2.86. The summed E-state index contributed by atoms with van der Waals surface area (Å²) in [5.41, 5.74) is 2.96. The van der Waals surface area contributed by atoms with Crippen LogP contribution in [0.2, 0.25) is 0 Å². The molecule has 0 unspecified atom stereocenters. The Morgan fingerprint density at radius 3 is 2.78 bits per heavy atom. The van der Waals surface area contributed by atoms with Gasteiger partial charge in [-0.25, -0.2) is 14.4 Å². The molecule has 0 bridgehead atoms. The first-order valence-electron chi connectivity index (χ1n) is 8.93. The smallest absolute Gasteiger partial charge is 0.128 e. The lowest BCUT2D eigenvalue weighted by atomic mass is 10.1. The molecule has 0 spiro atoms. The van der Waals surface area contributed by atoms with Crippen LogP contribution in [0.25, 0.3) is 31.9 Å². The molecule has 134 valence electrons. The van der Waals surface area contributed by atoms with Crippen LogP contribution >= 0.6 is 11.3 Å². The molecular weight excluding hydrogens is 359 g/mol. The Labute approximate surface area is 160 Å². The maximum atomic E-state index is 13.4. The van der Waals surface area contributed by atoms with Crippen LogP contribution in [0.3, 0.4) is 0 Å². The van der Waals surface area contributed by atoms with Gasteiger partial charge in [0, 0.05) is 46.5 Å². The van der Waals surface area contributed by atoms with Gasteiger partial charge in [0.1, 0.15) is 16.8 Å². The Balaban J connectivity index is 1.44. The van der Waals surface area contributed by atoms with Crippen molar-refractivity contribution in [2.45, 2.75) is 12.6 Å². The highest BCUT2D eigenvalue weighted by Crippen LogP contribution is 2.33. The number of alkyl halides is 1. The van der Waals surface area contributed by atoms with E-state index in [0.717, 1.165) is 44.3 Å². The van der Waals surface area contributed by atoms with E-state index in [1.165, 1.54) is 0 Å². The van der Waals surface area contributed by atoms with Gasteiger partial charge in [0.25, 0.3) is 0 Å². The van der Waals surface area contributed by atoms with Gasteiger partial charge in [-0.05, 0) is 42.8 Å². The third-order valence-corrected chi connectivity index (χ3v) is 5.92. The zero-order valence-corrected chi connectivity index (χ0v) is 15.4. The first kappa shape index (κ1) is 16.3. The molecule has 0 saturated carbocycles. The maximum absolute atomic E-state index is 13.4. The molecule has 5 rings (SSSR count). The molecule has 0 amide bonds. The highest BCUT2D eigenvalue weighted by Gasteiger charge is 2.22. The zero-order chi connectivity index (χ0) is 18.2. The van der Waals surface area contributed by atoms with Crippen LogP contribution in [0.5, 0.6) is 0 Å². The fourth-order valence-electron chi connectivity index (χ4n) is 3.38. The summed E-state index contributed by atoms with van der Waals surface area (Å²) in [7, 11) is 0. The summed E-state index contributed by atoms with van der Waals surface area (Å²) in [5, 5.41) is 1.12. The summed E-state index contributed by atoms with van der Waals surface area (Å²) in [4.78, 5) is 17.7. The summed E-state index contributed by atoms with van der Waals surface area (Å²) in [6.07, 6.45) is 5.31. The molecule has 4 nitrogen and oxygen atoms in total. The Morgan fingerprint density at radius 2 is 2.04 bits per heavy atom. The number of aromatic nitrogens is 3. The van der Waals surface area contributed by atoms with Crippen molar-refractivity contribution in [2.24, 2.45) is 0 Å². The van der Waals surface area contributed by atoms with Gasteiger partial charge < -0.3 is 4.90 Å². The maximum Gasteiger partial charge on any atom is 0.128 e. The predicted octanol–water partition coefficient (Wildman–Crippen LogP) is 4.97. The highest BCUT2D eigenvalue weighted by molar-refractivity contribution is 7.21. The van der Waals surface area contributed by atoms with Crippen molar-refractivity contribution in [2.75, 3.05) is 18.0 Å². The Morgan fingerprint density at radius 1 is 1.07 bits per heavy atom. The van der Waals surface area contributed by atoms with Crippen LogP contribution in [-0.2, 0) is 0 Å². The average Bonchev–Trinajstić information content (AvgIpc) is 3.34. The molecule has 0 aliphatic carbocycles. The first-order valence-corrected chi connectivity index (χ1v) is 9.74. The van der Waals surface area contributed by atoms with Crippen LogP contribution in [0.15, 0.2) is 61.1 Å². The second-order valence-corrected chi connectivity index (χ2v) is 7.71. The van der Waals surface area contributed by atoms with E-state index in [0.29, 0.717) is 13.0 Å². The van der Waals surface area contributed by atoms with Crippen molar-refractivity contribution in [1.29, 1.82) is 0 Å². The van der Waals surface area contributed by atoms with Gasteiger partial charge >= 0.3 is 0 Å². The van der Waals surface area contributed by atoms with Crippen molar-refractivity contribution < 1.29 is 4.39 Å². The van der Waals surface area contributed by atoms with E-state index in [9.17, 15) is 4.39 Å². The lowest BCUT2D eigenvalue weighted by molar-refractivity contribution is 0.364. The molecule has 0 aromatic carbocycles. The molecule has 1 aliphatic rings. The van der Waals surface area contributed by atoms with Crippen LogP contribution < -0.4 is 4.90 Å². The number of thiophene rings is 1. The number of nitrogens with zero attached hydrogens (tertiary/aromatic N) is 4. The predicted molar refractivity (Wildman–Crippen MR) is 108 cm³/mol. The topological polar surface area (TPSA) is 41.9 Å². The van der Waals surface area contributed by atoms with Gasteiger partial charge in [0.15, 0.2) is 0 Å². The van der Waals surface area contributed by atoms with Crippen molar-refractivity contribution >= 4 is 27.4 Å². The van der Waals surface area contributed by atoms with E-state index in [4.69, 9.17) is 4.98 Å². The van der Waals surface area contributed by atoms with Gasteiger partial charge in [0.05, 0.1) is 12.2 Å². The summed E-state index contributed by atoms with van der Waals surface area (Å²) >= 11 is 1.66. The van der Waals surface area contributed by atoms with Gasteiger partial charge in [-0.3, -0.25) is 4.98 Å². The Kier molecular flexibility index (Phi) is 4.05. The third kappa shape index (κ3) is 3.17. The normalized spacial score (nSPS) is 16.9. The molecule has 0 N–H and O–H groups in total. The molecule has 4 aromatic rings. The molecule has 4 aromatic heterocycles. The van der Waals surface area contributed by atoms with Crippen LogP contribution in [0, 0.1) is 0 Å². The number of anilines is 1. The monoisotopic (exact) mass is 376 g/mol. The number of hydrogen-bond acceptors (Lipinski definition) is 5. The molecule has 1 aliphatic heterocycles. The van der Waals surface area contributed by atoms with Crippen LogP contribution in [0.4, 0.5) is 10.2 Å². The van der Waals surface area contributed by atoms with Crippen molar-refractivity contribution in [3.63, 3.8) is 0 Å². The van der Waals surface area contributed by atoms with E-state index >= 15 is 0 Å². The largest absolute Gasteiger partial charge is 0.354 e. The first-order chi connectivity index (χ1) is 13.3. The quantitative estimate of drug-likeness (QED) is 0.506. The minimum Gasteiger partial charge on any atom is -0.354 e. The van der Waals surface area contributed by atoms with Crippen LogP contribution in [0.1, 0.15) is 6.42 Å². The van der Waals surface area contributed by atoms with E-state index in [1.807, 2.05) is 41.6 Å². The number of hydrogen-bond donors (Lipinski definition) is 0. The van der Waals surface area contributed by atoms with Crippen molar-refractivity contribution in [3.05, 3.63) is 61.1 Å². The third-order valence-electron chi connectivity index (χ3n) is 4.83. The molecule has 6 heteroatoms. The van der Waals surface area contributed by atoms with Gasteiger partial charge in [-0.2, -0.15) is 0 Å². The Bertz CT molecular complexity index is 1080. The van der Waals surface area contributed by atoms with Gasteiger partial charge in [0.2, 0.25) is 0 Å². The second kappa shape index (κ2) is 6.70. The van der Waals surface area contributed by atoms with Gasteiger partial charge in [-0.15, -0.1) is 11.3 Å². The minimum atomic E-state index is -0.747. The van der Waals surface area contributed by atoms with Crippen LogP contribution in [-0.4, -0.2) is 34.2 Å². The van der Waals surface area contributed by atoms with Gasteiger partial charge in [-0.1, -0.05) is 6.07 Å². The summed E-state index contributed by atoms with van der Waals surface area (Å²) in [6, 6.07) is 14.2. The second-order valence-electron chi connectivity index (χ2n) is 6.68. The summed E-state index contributed by atoms with van der Waals surface area (Å²) < 4.78 is 13.4. The molecule has 1 fully saturated rings. The van der Waals surface area contributed by atoms with E-state index in [-0.39, 0.29) is 0 Å². The van der Waals surface area contributed by atoms with E-state index < -0.39 is 6.17 Å². The minimum absolute atomic E-state index is 0.433. The molecule has 1 atom stereocenters. The van der Waals surface area contributed by atoms with E-state index in [2.05, 4.69) is 28.2 Å². The molecular formula is C21H17FN4S. The lowest BCUT2D eigenvalue weighted by Crippen LogP contribution is -2.20. The molecule has 5 heterocycles. The fourth-order valence-corrected chi connectivity index (χ4v) is 4.40. The van der Waals surface area contributed by atoms with Crippen molar-refractivity contribution in [3.8, 4) is 21.7 Å². The molecule has 0 radical (unpaired) electrons. The number of fused-ring (bicyclic) bond motifs is 1. The van der Waals surface area contributed by atoms with E-state index in [1.54, 1.807) is 17.5 Å². The number of pyridine rings is 3. The SMILES string of the molecule is F[C@H]1CCN(c2ccc(-c3ccc4cc(-c5cccnc5)sc4n3)cn2)C1. The standard InChI is InChI=1S/C21H17FN4S/c22-17-7-9-26(13-17)20-6-4-15(12-24-20)18-5-3-14-10-19(27-21(14)25-18)16-2-1-8-23-11-16/h1-6,8,10-12,17H,7,9,13H2/t17-/m0/s1. The zero-order valence-electron chi connectivity index (χ0n) is 14.5. The highest BCUT2D eigenvalue weighted by atomic mass is 32.1. The lowest BCUT2D eigenvalue weighted by Gasteiger charge is -2.16. The molecule has 27 heavy (non-hydrogen) atoms.